The quantitative estimate of drug-likeness (QED) is 0.520. The molecule has 2 rings (SSSR count). The van der Waals surface area contributed by atoms with Crippen molar-refractivity contribution < 1.29 is 13.5 Å². The number of likely N-dealkylation sites (tertiary alicyclic amines) is 1. The SMILES string of the molecule is CCCN1CCC(CNC(=NCc2ccccc2OC(F)F)NCC)C1. The van der Waals surface area contributed by atoms with Gasteiger partial charge in [-0.15, -0.1) is 0 Å². The molecule has 0 spiro atoms. The molecular formula is C19H30F2N4O. The minimum atomic E-state index is -2.83. The van der Waals surface area contributed by atoms with Crippen molar-refractivity contribution in [1.29, 1.82) is 0 Å². The largest absolute Gasteiger partial charge is 0.434 e. The van der Waals surface area contributed by atoms with Crippen LogP contribution in [0.2, 0.25) is 0 Å². The molecule has 0 aliphatic carbocycles. The van der Waals surface area contributed by atoms with Crippen molar-refractivity contribution in [3.63, 3.8) is 0 Å². The number of benzene rings is 1. The monoisotopic (exact) mass is 368 g/mol. The highest BCUT2D eigenvalue weighted by atomic mass is 19.3. The van der Waals surface area contributed by atoms with Crippen LogP contribution in [0.4, 0.5) is 8.78 Å². The molecule has 1 aromatic rings. The molecule has 2 N–H and O–H groups in total. The number of rotatable bonds is 9. The fraction of sp³-hybridized carbons (Fsp3) is 0.632. The van der Waals surface area contributed by atoms with Gasteiger partial charge in [-0.3, -0.25) is 0 Å². The highest BCUT2D eigenvalue weighted by Gasteiger charge is 2.21. The number of nitrogens with zero attached hydrogens (tertiary/aromatic N) is 2. The van der Waals surface area contributed by atoms with E-state index >= 15 is 0 Å². The number of guanidine groups is 1. The maximum absolute atomic E-state index is 12.5. The molecule has 146 valence electrons. The van der Waals surface area contributed by atoms with E-state index in [1.807, 2.05) is 6.92 Å². The Morgan fingerprint density at radius 1 is 1.31 bits per heavy atom. The second-order valence-corrected chi connectivity index (χ2v) is 6.52. The third kappa shape index (κ3) is 6.78. The summed E-state index contributed by atoms with van der Waals surface area (Å²) in [5.74, 6) is 1.49. The zero-order valence-corrected chi connectivity index (χ0v) is 15.7. The number of hydrogen-bond acceptors (Lipinski definition) is 3. The van der Waals surface area contributed by atoms with Crippen LogP contribution in [0.15, 0.2) is 29.3 Å². The lowest BCUT2D eigenvalue weighted by Gasteiger charge is -2.17. The Bertz CT molecular complexity index is 568. The number of ether oxygens (including phenoxy) is 1. The van der Waals surface area contributed by atoms with Gasteiger partial charge in [0.05, 0.1) is 6.54 Å². The maximum atomic E-state index is 12.5. The van der Waals surface area contributed by atoms with Crippen molar-refractivity contribution in [2.45, 2.75) is 39.8 Å². The summed E-state index contributed by atoms with van der Waals surface area (Å²) < 4.78 is 29.6. The molecule has 0 aromatic heterocycles. The van der Waals surface area contributed by atoms with Crippen LogP contribution in [-0.2, 0) is 6.54 Å². The first-order chi connectivity index (χ1) is 12.6. The lowest BCUT2D eigenvalue weighted by atomic mass is 10.1. The Hall–Kier alpha value is -1.89. The summed E-state index contributed by atoms with van der Waals surface area (Å²) in [6.45, 7) is 6.70. The number of halogens is 2. The van der Waals surface area contributed by atoms with Gasteiger partial charge in [0.25, 0.3) is 0 Å². The summed E-state index contributed by atoms with van der Waals surface area (Å²) in [7, 11) is 0. The van der Waals surface area contributed by atoms with Crippen LogP contribution >= 0.6 is 0 Å². The Labute approximate surface area is 154 Å². The highest BCUT2D eigenvalue weighted by molar-refractivity contribution is 5.79. The van der Waals surface area contributed by atoms with Gasteiger partial charge in [-0.1, -0.05) is 25.1 Å². The van der Waals surface area contributed by atoms with Gasteiger partial charge in [0, 0.05) is 25.2 Å². The molecule has 1 unspecified atom stereocenters. The lowest BCUT2D eigenvalue weighted by molar-refractivity contribution is -0.0504. The summed E-state index contributed by atoms with van der Waals surface area (Å²) >= 11 is 0. The van der Waals surface area contributed by atoms with Crippen LogP contribution in [-0.4, -0.2) is 50.2 Å². The van der Waals surface area contributed by atoms with Crippen LogP contribution in [0.25, 0.3) is 0 Å². The van der Waals surface area contributed by atoms with Gasteiger partial charge in [0.2, 0.25) is 0 Å². The molecule has 26 heavy (non-hydrogen) atoms. The average Bonchev–Trinajstić information content (AvgIpc) is 3.06. The third-order valence-electron chi connectivity index (χ3n) is 4.41. The first-order valence-corrected chi connectivity index (χ1v) is 9.39. The van der Waals surface area contributed by atoms with E-state index in [2.05, 4.69) is 32.2 Å². The van der Waals surface area contributed by atoms with Gasteiger partial charge in [-0.05, 0) is 44.8 Å². The van der Waals surface area contributed by atoms with Gasteiger partial charge in [0.15, 0.2) is 5.96 Å². The predicted molar refractivity (Wildman–Crippen MR) is 101 cm³/mol. The topological polar surface area (TPSA) is 48.9 Å². The van der Waals surface area contributed by atoms with E-state index in [1.54, 1.807) is 18.2 Å². The predicted octanol–water partition coefficient (Wildman–Crippen LogP) is 3.08. The minimum absolute atomic E-state index is 0.174. The van der Waals surface area contributed by atoms with Crippen molar-refractivity contribution in [2.75, 3.05) is 32.7 Å². The van der Waals surface area contributed by atoms with E-state index in [9.17, 15) is 8.78 Å². The Balaban J connectivity index is 1.91. The Morgan fingerprint density at radius 2 is 2.12 bits per heavy atom. The average molecular weight is 368 g/mol. The highest BCUT2D eigenvalue weighted by Crippen LogP contribution is 2.21. The molecule has 0 bridgehead atoms. The van der Waals surface area contributed by atoms with Crippen molar-refractivity contribution >= 4 is 5.96 Å². The molecule has 1 aliphatic heterocycles. The van der Waals surface area contributed by atoms with Crippen LogP contribution < -0.4 is 15.4 Å². The number of alkyl halides is 2. The maximum Gasteiger partial charge on any atom is 0.387 e. The van der Waals surface area contributed by atoms with Crippen LogP contribution in [0.5, 0.6) is 5.75 Å². The van der Waals surface area contributed by atoms with E-state index in [4.69, 9.17) is 0 Å². The van der Waals surface area contributed by atoms with Gasteiger partial charge >= 0.3 is 6.61 Å². The molecule has 1 aliphatic rings. The molecule has 0 saturated carbocycles. The first-order valence-electron chi connectivity index (χ1n) is 9.39. The third-order valence-corrected chi connectivity index (χ3v) is 4.41. The van der Waals surface area contributed by atoms with Crippen molar-refractivity contribution in [2.24, 2.45) is 10.9 Å². The zero-order chi connectivity index (χ0) is 18.8. The second kappa shape index (κ2) is 11.0. The van der Waals surface area contributed by atoms with Gasteiger partial charge < -0.3 is 20.3 Å². The van der Waals surface area contributed by atoms with Gasteiger partial charge in [-0.25, -0.2) is 4.99 Å². The number of aliphatic imine (C=N–C) groups is 1. The van der Waals surface area contributed by atoms with Crippen LogP contribution in [0.1, 0.15) is 32.3 Å². The molecule has 7 heteroatoms. The summed E-state index contributed by atoms with van der Waals surface area (Å²) in [5, 5.41) is 6.59. The van der Waals surface area contributed by atoms with Crippen molar-refractivity contribution in [3.05, 3.63) is 29.8 Å². The summed E-state index contributed by atoms with van der Waals surface area (Å²) in [6, 6.07) is 6.77. The van der Waals surface area contributed by atoms with Gasteiger partial charge in [0.1, 0.15) is 5.75 Å². The number of hydrogen-bond donors (Lipinski definition) is 2. The molecule has 5 nitrogen and oxygen atoms in total. The normalized spacial score (nSPS) is 18.3. The van der Waals surface area contributed by atoms with E-state index in [0.29, 0.717) is 17.4 Å². The van der Waals surface area contributed by atoms with Crippen molar-refractivity contribution in [3.8, 4) is 5.75 Å². The summed E-state index contributed by atoms with van der Waals surface area (Å²) in [5.41, 5.74) is 0.639. The van der Waals surface area contributed by atoms with Gasteiger partial charge in [-0.2, -0.15) is 8.78 Å². The molecular weight excluding hydrogens is 338 g/mol. The molecule has 0 amide bonds. The molecule has 1 heterocycles. The fourth-order valence-electron chi connectivity index (χ4n) is 3.19. The zero-order valence-electron chi connectivity index (χ0n) is 15.7. The van der Waals surface area contributed by atoms with E-state index < -0.39 is 6.61 Å². The Kier molecular flexibility index (Phi) is 8.61. The molecule has 0 radical (unpaired) electrons. The molecule has 1 atom stereocenters. The Morgan fingerprint density at radius 3 is 2.85 bits per heavy atom. The van der Waals surface area contributed by atoms with Crippen molar-refractivity contribution in [1.82, 2.24) is 15.5 Å². The second-order valence-electron chi connectivity index (χ2n) is 6.52. The van der Waals surface area contributed by atoms with E-state index in [0.717, 1.165) is 32.7 Å². The lowest BCUT2D eigenvalue weighted by Crippen LogP contribution is -2.40. The van der Waals surface area contributed by atoms with E-state index in [1.165, 1.54) is 18.9 Å². The number of nitrogens with one attached hydrogen (secondary N) is 2. The van der Waals surface area contributed by atoms with Crippen LogP contribution in [0.3, 0.4) is 0 Å². The first kappa shape index (κ1) is 20.4. The fourth-order valence-corrected chi connectivity index (χ4v) is 3.19. The standard InChI is InChI=1S/C19H30F2N4O/c1-3-10-25-11-9-15(14-25)12-23-19(22-4-2)24-13-16-7-5-6-8-17(16)26-18(20)21/h5-8,15,18H,3-4,9-14H2,1-2H3,(H2,22,23,24). The number of para-hydroxylation sites is 1. The van der Waals surface area contributed by atoms with Crippen LogP contribution in [0, 0.1) is 5.92 Å². The molecule has 1 aromatic carbocycles. The van der Waals surface area contributed by atoms with E-state index in [-0.39, 0.29) is 12.3 Å². The smallest absolute Gasteiger partial charge is 0.387 e. The summed E-state index contributed by atoms with van der Waals surface area (Å²) in [4.78, 5) is 7.02. The molecule has 1 fully saturated rings. The molecule has 1 saturated heterocycles. The summed E-state index contributed by atoms with van der Waals surface area (Å²) in [6.07, 6.45) is 2.38. The minimum Gasteiger partial charge on any atom is -0.434 e.